The van der Waals surface area contributed by atoms with E-state index in [2.05, 4.69) is 21.2 Å². The van der Waals surface area contributed by atoms with E-state index < -0.39 is 16.6 Å². The van der Waals surface area contributed by atoms with Gasteiger partial charge in [-0.2, -0.15) is 0 Å². The molecule has 3 aromatic rings. The van der Waals surface area contributed by atoms with Crippen LogP contribution in [0.15, 0.2) is 59.1 Å². The van der Waals surface area contributed by atoms with Crippen molar-refractivity contribution in [2.75, 3.05) is 11.1 Å². The van der Waals surface area contributed by atoms with Gasteiger partial charge in [-0.15, -0.1) is 0 Å². The van der Waals surface area contributed by atoms with E-state index in [0.29, 0.717) is 21.4 Å². The average Bonchev–Trinajstić information content (AvgIpc) is 2.55. The summed E-state index contributed by atoms with van der Waals surface area (Å²) < 4.78 is 27.7. The van der Waals surface area contributed by atoms with Crippen molar-refractivity contribution in [2.24, 2.45) is 0 Å². The van der Waals surface area contributed by atoms with E-state index in [0.717, 1.165) is 12.1 Å². The number of nitrogens with one attached hydrogen (secondary N) is 1. The molecule has 0 aliphatic carbocycles. The van der Waals surface area contributed by atoms with E-state index in [1.165, 1.54) is 18.2 Å². The van der Waals surface area contributed by atoms with Crippen LogP contribution in [-0.4, -0.2) is 4.92 Å². The van der Waals surface area contributed by atoms with Crippen LogP contribution in [0.1, 0.15) is 0 Å². The van der Waals surface area contributed by atoms with E-state index in [9.17, 15) is 18.9 Å². The Morgan fingerprint density at radius 3 is 2.50 bits per heavy atom. The third-order valence-electron chi connectivity index (χ3n) is 3.63. The van der Waals surface area contributed by atoms with Gasteiger partial charge in [0.25, 0.3) is 5.69 Å². The van der Waals surface area contributed by atoms with Crippen molar-refractivity contribution >= 4 is 38.7 Å². The van der Waals surface area contributed by atoms with Crippen LogP contribution in [0.2, 0.25) is 0 Å². The highest BCUT2D eigenvalue weighted by atomic mass is 79.9. The molecule has 0 spiro atoms. The maximum atomic E-state index is 14.0. The average molecular weight is 420 g/mol. The van der Waals surface area contributed by atoms with Crippen LogP contribution in [-0.2, 0) is 0 Å². The Labute approximate surface area is 155 Å². The van der Waals surface area contributed by atoms with Gasteiger partial charge in [-0.3, -0.25) is 10.1 Å². The highest BCUT2D eigenvalue weighted by molar-refractivity contribution is 9.10. The zero-order valence-electron chi connectivity index (χ0n) is 13.2. The summed E-state index contributed by atoms with van der Waals surface area (Å²) in [5.41, 5.74) is 7.37. The number of nitrogens with two attached hydrogens (primary N) is 1. The number of nitro benzene ring substituents is 1. The van der Waals surface area contributed by atoms with Crippen LogP contribution in [0.25, 0.3) is 11.1 Å². The summed E-state index contributed by atoms with van der Waals surface area (Å²) >= 11 is 3.19. The van der Waals surface area contributed by atoms with Crippen molar-refractivity contribution in [3.05, 3.63) is 80.8 Å². The monoisotopic (exact) mass is 419 g/mol. The second kappa shape index (κ2) is 7.09. The normalized spacial score (nSPS) is 10.6. The molecule has 0 bridgehead atoms. The first-order valence-electron chi connectivity index (χ1n) is 7.40. The highest BCUT2D eigenvalue weighted by Crippen LogP contribution is 2.34. The lowest BCUT2D eigenvalue weighted by molar-refractivity contribution is -0.384. The molecule has 0 amide bonds. The fraction of sp³-hybridized carbons (Fsp3) is 0. The van der Waals surface area contributed by atoms with E-state index in [4.69, 9.17) is 5.73 Å². The number of nitrogens with zero attached hydrogens (tertiary/aromatic N) is 1. The van der Waals surface area contributed by atoms with E-state index in [1.807, 2.05) is 0 Å². The van der Waals surface area contributed by atoms with Gasteiger partial charge < -0.3 is 11.1 Å². The minimum atomic E-state index is -0.726. The molecule has 0 atom stereocenters. The van der Waals surface area contributed by atoms with Crippen molar-refractivity contribution in [1.82, 2.24) is 0 Å². The molecular weight excluding hydrogens is 408 g/mol. The number of rotatable bonds is 4. The molecule has 0 unspecified atom stereocenters. The number of anilines is 3. The van der Waals surface area contributed by atoms with Crippen LogP contribution in [0, 0.1) is 21.7 Å². The van der Waals surface area contributed by atoms with Crippen molar-refractivity contribution in [3.63, 3.8) is 0 Å². The Hall–Kier alpha value is -3.00. The number of hydrogen-bond acceptors (Lipinski definition) is 4. The SMILES string of the molecule is Nc1cc(Nc2ccc(Br)cc2[N+](=O)[O-])cc(-c2ccc(F)cc2F)c1. The topological polar surface area (TPSA) is 81.2 Å². The van der Waals surface area contributed by atoms with Gasteiger partial charge in [0, 0.05) is 33.5 Å². The third-order valence-corrected chi connectivity index (χ3v) is 4.13. The number of nitrogen functional groups attached to an aromatic ring is 1. The molecule has 0 saturated carbocycles. The Morgan fingerprint density at radius 1 is 1.04 bits per heavy atom. The summed E-state index contributed by atoms with van der Waals surface area (Å²) in [5.74, 6) is -1.41. The molecular formula is C18H12BrF2N3O2. The number of hydrogen-bond donors (Lipinski definition) is 2. The smallest absolute Gasteiger partial charge is 0.293 e. The minimum absolute atomic E-state index is 0.128. The lowest BCUT2D eigenvalue weighted by atomic mass is 10.0. The summed E-state index contributed by atoms with van der Waals surface area (Å²) in [7, 11) is 0. The number of nitro groups is 1. The summed E-state index contributed by atoms with van der Waals surface area (Å²) in [6.07, 6.45) is 0. The lowest BCUT2D eigenvalue weighted by Gasteiger charge is -2.11. The van der Waals surface area contributed by atoms with Crippen LogP contribution in [0.4, 0.5) is 31.5 Å². The van der Waals surface area contributed by atoms with E-state index >= 15 is 0 Å². The third kappa shape index (κ3) is 3.80. The quantitative estimate of drug-likeness (QED) is 0.326. The van der Waals surface area contributed by atoms with Crippen molar-refractivity contribution in [3.8, 4) is 11.1 Å². The molecule has 0 aliphatic rings. The molecule has 0 aliphatic heterocycles. The zero-order valence-corrected chi connectivity index (χ0v) is 14.8. The van der Waals surface area contributed by atoms with Gasteiger partial charge in [0.15, 0.2) is 0 Å². The second-order valence-electron chi connectivity index (χ2n) is 5.51. The first-order valence-corrected chi connectivity index (χ1v) is 8.20. The Balaban J connectivity index is 2.03. The van der Waals surface area contributed by atoms with Gasteiger partial charge in [-0.05, 0) is 48.0 Å². The molecule has 0 aromatic heterocycles. The highest BCUT2D eigenvalue weighted by Gasteiger charge is 2.15. The van der Waals surface area contributed by atoms with Gasteiger partial charge in [0.1, 0.15) is 17.3 Å². The predicted molar refractivity (Wildman–Crippen MR) is 100 cm³/mol. The molecule has 0 radical (unpaired) electrons. The first-order chi connectivity index (χ1) is 12.3. The summed E-state index contributed by atoms with van der Waals surface area (Å²) in [6.45, 7) is 0. The van der Waals surface area contributed by atoms with Crippen molar-refractivity contribution < 1.29 is 13.7 Å². The molecule has 26 heavy (non-hydrogen) atoms. The van der Waals surface area contributed by atoms with Crippen molar-refractivity contribution in [1.29, 1.82) is 0 Å². The molecule has 0 heterocycles. The zero-order chi connectivity index (χ0) is 18.8. The second-order valence-corrected chi connectivity index (χ2v) is 6.43. The maximum Gasteiger partial charge on any atom is 0.293 e. The van der Waals surface area contributed by atoms with Crippen LogP contribution in [0.5, 0.6) is 0 Å². The first kappa shape index (κ1) is 17.8. The molecule has 3 aromatic carbocycles. The molecule has 8 heteroatoms. The molecule has 3 N–H and O–H groups in total. The molecule has 0 saturated heterocycles. The van der Waals surface area contributed by atoms with Crippen LogP contribution < -0.4 is 11.1 Å². The fourth-order valence-corrected chi connectivity index (χ4v) is 2.87. The van der Waals surface area contributed by atoms with E-state index in [-0.39, 0.29) is 16.9 Å². The Morgan fingerprint density at radius 2 is 1.81 bits per heavy atom. The van der Waals surface area contributed by atoms with E-state index in [1.54, 1.807) is 24.3 Å². The summed E-state index contributed by atoms with van der Waals surface area (Å²) in [6, 6.07) is 12.5. The van der Waals surface area contributed by atoms with Gasteiger partial charge >= 0.3 is 0 Å². The van der Waals surface area contributed by atoms with Crippen LogP contribution in [0.3, 0.4) is 0 Å². The van der Waals surface area contributed by atoms with Crippen molar-refractivity contribution in [2.45, 2.75) is 0 Å². The van der Waals surface area contributed by atoms with Gasteiger partial charge in [-0.1, -0.05) is 15.9 Å². The summed E-state index contributed by atoms with van der Waals surface area (Å²) in [4.78, 5) is 10.7. The van der Waals surface area contributed by atoms with Gasteiger partial charge in [0.2, 0.25) is 0 Å². The standard InChI is InChI=1S/C18H12BrF2N3O2/c19-11-1-4-17(18(7-11)24(25)26)23-14-6-10(5-13(22)9-14)15-3-2-12(20)8-16(15)21/h1-9,23H,22H2. The minimum Gasteiger partial charge on any atom is -0.399 e. The molecule has 3 rings (SSSR count). The molecule has 132 valence electrons. The van der Waals surface area contributed by atoms with Gasteiger partial charge in [0.05, 0.1) is 4.92 Å². The lowest BCUT2D eigenvalue weighted by Crippen LogP contribution is -1.98. The molecule has 0 fully saturated rings. The number of halogens is 3. The number of benzene rings is 3. The predicted octanol–water partition coefficient (Wildman–Crippen LogP) is 5.63. The Bertz CT molecular complexity index is 1010. The Kier molecular flexibility index (Phi) is 4.85. The molecule has 5 nitrogen and oxygen atoms in total. The van der Waals surface area contributed by atoms with Crippen LogP contribution >= 0.6 is 15.9 Å². The maximum absolute atomic E-state index is 14.0. The summed E-state index contributed by atoms with van der Waals surface area (Å²) in [5, 5.41) is 14.2. The largest absolute Gasteiger partial charge is 0.399 e. The van der Waals surface area contributed by atoms with Gasteiger partial charge in [-0.25, -0.2) is 8.78 Å². The fourth-order valence-electron chi connectivity index (χ4n) is 2.52.